The van der Waals surface area contributed by atoms with Gasteiger partial charge >= 0.3 is 0 Å². The van der Waals surface area contributed by atoms with E-state index in [0.29, 0.717) is 0 Å². The van der Waals surface area contributed by atoms with Gasteiger partial charge in [-0.25, -0.2) is 0 Å². The molecule has 0 amide bonds. The Labute approximate surface area is 108 Å². The number of ether oxygens (including phenoxy) is 1. The van der Waals surface area contributed by atoms with Crippen molar-refractivity contribution in [3.63, 3.8) is 0 Å². The summed E-state index contributed by atoms with van der Waals surface area (Å²) >= 11 is 0. The van der Waals surface area contributed by atoms with Gasteiger partial charge in [-0.3, -0.25) is 4.18 Å². The summed E-state index contributed by atoms with van der Waals surface area (Å²) in [6, 6.07) is 6.67. The minimum atomic E-state index is -3.61. The van der Waals surface area contributed by atoms with Gasteiger partial charge in [0, 0.05) is 7.11 Å². The van der Waals surface area contributed by atoms with Crippen molar-refractivity contribution < 1.29 is 17.3 Å². The molecule has 1 aromatic rings. The second-order valence-electron chi connectivity index (χ2n) is 4.75. The van der Waals surface area contributed by atoms with Crippen LogP contribution in [0.3, 0.4) is 0 Å². The first kappa shape index (κ1) is 13.5. The number of rotatable bonds is 5. The highest BCUT2D eigenvalue weighted by molar-refractivity contribution is 7.86. The van der Waals surface area contributed by atoms with Crippen LogP contribution in [0, 0.1) is 12.8 Å². The fourth-order valence-corrected chi connectivity index (χ4v) is 2.94. The average Bonchev–Trinajstić information content (AvgIpc) is 2.28. The van der Waals surface area contributed by atoms with Crippen molar-refractivity contribution in [2.75, 3.05) is 13.7 Å². The quantitative estimate of drug-likeness (QED) is 0.769. The van der Waals surface area contributed by atoms with Gasteiger partial charge in [0.15, 0.2) is 0 Å². The monoisotopic (exact) mass is 270 g/mol. The summed E-state index contributed by atoms with van der Waals surface area (Å²) in [5.41, 5.74) is 1.02. The van der Waals surface area contributed by atoms with Gasteiger partial charge in [-0.15, -0.1) is 0 Å². The Bertz CT molecular complexity index is 486. The summed E-state index contributed by atoms with van der Waals surface area (Å²) in [6.07, 6.45) is 2.01. The lowest BCUT2D eigenvalue weighted by Crippen LogP contribution is -2.33. The Hall–Kier alpha value is -0.910. The predicted molar refractivity (Wildman–Crippen MR) is 67.8 cm³/mol. The van der Waals surface area contributed by atoms with E-state index in [1.165, 1.54) is 0 Å². The fraction of sp³-hybridized carbons (Fsp3) is 0.538. The van der Waals surface area contributed by atoms with Gasteiger partial charge in [-0.05, 0) is 37.8 Å². The second kappa shape index (κ2) is 5.38. The maximum Gasteiger partial charge on any atom is 0.296 e. The molecule has 0 saturated heterocycles. The first-order valence-electron chi connectivity index (χ1n) is 6.00. The van der Waals surface area contributed by atoms with E-state index in [9.17, 15) is 8.42 Å². The average molecular weight is 270 g/mol. The van der Waals surface area contributed by atoms with Crippen molar-refractivity contribution in [3.05, 3.63) is 29.8 Å². The molecule has 0 unspecified atom stereocenters. The molecule has 1 saturated carbocycles. The van der Waals surface area contributed by atoms with Crippen LogP contribution >= 0.6 is 0 Å². The molecule has 5 heteroatoms. The Morgan fingerprint density at radius 3 is 2.39 bits per heavy atom. The van der Waals surface area contributed by atoms with Gasteiger partial charge in [-0.2, -0.15) is 8.42 Å². The van der Waals surface area contributed by atoms with Crippen LogP contribution in [0.15, 0.2) is 29.2 Å². The van der Waals surface area contributed by atoms with Crippen LogP contribution in [-0.2, 0) is 19.0 Å². The molecule has 0 bridgehead atoms. The highest BCUT2D eigenvalue weighted by Gasteiger charge is 2.30. The standard InChI is InChI=1S/C13H18O4S/c1-10-3-5-13(6-4-10)18(14,15)17-9-11-7-12(8-11)16-2/h3-6,11-12H,7-9H2,1-2H3/t11-,12+. The first-order valence-corrected chi connectivity index (χ1v) is 7.41. The molecule has 1 aliphatic rings. The summed E-state index contributed by atoms with van der Waals surface area (Å²) in [6.45, 7) is 2.16. The molecule has 0 aliphatic heterocycles. The van der Waals surface area contributed by atoms with Gasteiger partial charge in [0.05, 0.1) is 17.6 Å². The molecule has 0 atom stereocenters. The van der Waals surface area contributed by atoms with E-state index >= 15 is 0 Å². The third-order valence-electron chi connectivity index (χ3n) is 3.29. The zero-order valence-corrected chi connectivity index (χ0v) is 11.4. The lowest BCUT2D eigenvalue weighted by atomic mass is 9.83. The molecule has 2 rings (SSSR count). The van der Waals surface area contributed by atoms with Crippen molar-refractivity contribution in [3.8, 4) is 0 Å². The van der Waals surface area contributed by atoms with Gasteiger partial charge < -0.3 is 4.74 Å². The lowest BCUT2D eigenvalue weighted by Gasteiger charge is -2.33. The molecule has 1 aromatic carbocycles. The summed E-state index contributed by atoms with van der Waals surface area (Å²) < 4.78 is 34.0. The number of hydrogen-bond acceptors (Lipinski definition) is 4. The summed E-state index contributed by atoms with van der Waals surface area (Å²) in [5.74, 6) is 0.287. The molecule has 0 spiro atoms. The van der Waals surface area contributed by atoms with Crippen LogP contribution in [0.5, 0.6) is 0 Å². The van der Waals surface area contributed by atoms with E-state index in [-0.39, 0.29) is 23.5 Å². The van der Waals surface area contributed by atoms with E-state index < -0.39 is 10.1 Å². The summed E-state index contributed by atoms with van der Waals surface area (Å²) in [4.78, 5) is 0.218. The zero-order chi connectivity index (χ0) is 13.2. The normalized spacial score (nSPS) is 23.7. The second-order valence-corrected chi connectivity index (χ2v) is 6.36. The topological polar surface area (TPSA) is 52.6 Å². The SMILES string of the molecule is CO[C@H]1C[C@@H](COS(=O)(=O)c2ccc(C)cc2)C1. The maximum atomic E-state index is 11.9. The van der Waals surface area contributed by atoms with E-state index in [0.717, 1.165) is 18.4 Å². The number of hydrogen-bond donors (Lipinski definition) is 0. The molecule has 100 valence electrons. The molecule has 0 aromatic heterocycles. The predicted octanol–water partition coefficient (Wildman–Crippen LogP) is 2.13. The van der Waals surface area contributed by atoms with Crippen LogP contribution in [0.2, 0.25) is 0 Å². The Kier molecular flexibility index (Phi) is 4.04. The third-order valence-corrected chi connectivity index (χ3v) is 4.59. The smallest absolute Gasteiger partial charge is 0.296 e. The van der Waals surface area contributed by atoms with Crippen molar-refractivity contribution in [2.45, 2.75) is 30.8 Å². The Morgan fingerprint density at radius 1 is 1.22 bits per heavy atom. The van der Waals surface area contributed by atoms with E-state index in [4.69, 9.17) is 8.92 Å². The Morgan fingerprint density at radius 2 is 1.83 bits per heavy atom. The van der Waals surface area contributed by atoms with Crippen molar-refractivity contribution >= 4 is 10.1 Å². The van der Waals surface area contributed by atoms with Crippen molar-refractivity contribution in [1.82, 2.24) is 0 Å². The third kappa shape index (κ3) is 3.10. The van der Waals surface area contributed by atoms with E-state index in [1.54, 1.807) is 31.4 Å². The molecule has 0 radical (unpaired) electrons. The molecular formula is C13H18O4S. The van der Waals surface area contributed by atoms with Crippen LogP contribution in [0.4, 0.5) is 0 Å². The van der Waals surface area contributed by atoms with Gasteiger partial charge in [0.25, 0.3) is 10.1 Å². The zero-order valence-electron chi connectivity index (χ0n) is 10.6. The minimum absolute atomic E-state index is 0.218. The van der Waals surface area contributed by atoms with Crippen LogP contribution in [-0.4, -0.2) is 28.2 Å². The van der Waals surface area contributed by atoms with Crippen LogP contribution in [0.25, 0.3) is 0 Å². The summed E-state index contributed by atoms with van der Waals surface area (Å²) in [7, 11) is -1.94. The molecular weight excluding hydrogens is 252 g/mol. The minimum Gasteiger partial charge on any atom is -0.381 e. The van der Waals surface area contributed by atoms with Gasteiger partial charge in [-0.1, -0.05) is 17.7 Å². The van der Waals surface area contributed by atoms with Crippen molar-refractivity contribution in [2.24, 2.45) is 5.92 Å². The van der Waals surface area contributed by atoms with Crippen LogP contribution < -0.4 is 0 Å². The molecule has 4 nitrogen and oxygen atoms in total. The fourth-order valence-electron chi connectivity index (χ4n) is 1.96. The number of aryl methyl sites for hydroxylation is 1. The highest BCUT2D eigenvalue weighted by atomic mass is 32.2. The molecule has 0 heterocycles. The first-order chi connectivity index (χ1) is 8.51. The van der Waals surface area contributed by atoms with Crippen LogP contribution in [0.1, 0.15) is 18.4 Å². The lowest BCUT2D eigenvalue weighted by molar-refractivity contribution is -0.0134. The molecule has 18 heavy (non-hydrogen) atoms. The van der Waals surface area contributed by atoms with Crippen molar-refractivity contribution in [1.29, 1.82) is 0 Å². The number of methoxy groups -OCH3 is 1. The molecule has 1 aliphatic carbocycles. The largest absolute Gasteiger partial charge is 0.381 e. The molecule has 0 N–H and O–H groups in total. The van der Waals surface area contributed by atoms with Gasteiger partial charge in [0.1, 0.15) is 0 Å². The highest BCUT2D eigenvalue weighted by Crippen LogP contribution is 2.30. The molecule has 1 fully saturated rings. The van der Waals surface area contributed by atoms with E-state index in [2.05, 4.69) is 0 Å². The summed E-state index contributed by atoms with van der Waals surface area (Å²) in [5, 5.41) is 0. The van der Waals surface area contributed by atoms with Gasteiger partial charge in [0.2, 0.25) is 0 Å². The Balaban J connectivity index is 1.90. The maximum absolute atomic E-state index is 11.9. The number of benzene rings is 1. The van der Waals surface area contributed by atoms with E-state index in [1.807, 2.05) is 6.92 Å².